The summed E-state index contributed by atoms with van der Waals surface area (Å²) < 4.78 is 0. The van der Waals surface area contributed by atoms with Gasteiger partial charge in [-0.2, -0.15) is 0 Å². The first-order valence-corrected chi connectivity index (χ1v) is 8.15. The van der Waals surface area contributed by atoms with Crippen molar-refractivity contribution in [1.82, 2.24) is 9.80 Å². The molecule has 2 aliphatic heterocycles. The summed E-state index contributed by atoms with van der Waals surface area (Å²) in [7, 11) is 0. The maximum absolute atomic E-state index is 12.4. The molecule has 7 heteroatoms. The van der Waals surface area contributed by atoms with Crippen molar-refractivity contribution in [3.05, 3.63) is 35.4 Å². The lowest BCUT2D eigenvalue weighted by Crippen LogP contribution is -2.45. The summed E-state index contributed by atoms with van der Waals surface area (Å²) in [6.07, 6.45) is 0. The number of rotatable bonds is 3. The lowest BCUT2D eigenvalue weighted by Gasteiger charge is -2.33. The van der Waals surface area contributed by atoms with Crippen molar-refractivity contribution in [2.24, 2.45) is 0 Å². The minimum absolute atomic E-state index is 0.0281. The van der Waals surface area contributed by atoms with Crippen molar-refractivity contribution < 1.29 is 19.5 Å². The number of carboxylic acid groups (broad SMARTS) is 1. The van der Waals surface area contributed by atoms with Crippen molar-refractivity contribution in [2.75, 3.05) is 24.7 Å². The van der Waals surface area contributed by atoms with Crippen LogP contribution >= 0.6 is 11.8 Å². The Hall–Kier alpha value is -2.02. The minimum atomic E-state index is -0.933. The summed E-state index contributed by atoms with van der Waals surface area (Å²) in [5.41, 5.74) is 1.63. The molecule has 6 nitrogen and oxygen atoms in total. The van der Waals surface area contributed by atoms with Crippen LogP contribution in [0.3, 0.4) is 0 Å². The Morgan fingerprint density at radius 1 is 1.32 bits per heavy atom. The number of carbonyl (C=O) groups is 3. The highest BCUT2D eigenvalue weighted by atomic mass is 32.2. The van der Waals surface area contributed by atoms with Crippen LogP contribution in [-0.2, 0) is 20.9 Å². The zero-order valence-electron chi connectivity index (χ0n) is 11.9. The van der Waals surface area contributed by atoms with Gasteiger partial charge in [0.05, 0.1) is 17.5 Å². The Kier molecular flexibility index (Phi) is 4.06. The van der Waals surface area contributed by atoms with E-state index in [0.29, 0.717) is 18.2 Å². The number of fused-ring (bicyclic) bond motifs is 1. The normalized spacial score (nSPS) is 20.9. The van der Waals surface area contributed by atoms with Crippen LogP contribution in [0.1, 0.15) is 17.0 Å². The molecule has 0 saturated carbocycles. The van der Waals surface area contributed by atoms with Gasteiger partial charge in [0.15, 0.2) is 0 Å². The number of hydrogen-bond donors (Lipinski definition) is 1. The van der Waals surface area contributed by atoms with Gasteiger partial charge in [-0.3, -0.25) is 14.4 Å². The third kappa shape index (κ3) is 2.81. The van der Waals surface area contributed by atoms with Crippen molar-refractivity contribution in [3.8, 4) is 0 Å². The molecule has 1 aromatic rings. The number of hydrogen-bond acceptors (Lipinski definition) is 4. The van der Waals surface area contributed by atoms with Crippen LogP contribution in [0.4, 0.5) is 0 Å². The van der Waals surface area contributed by atoms with Gasteiger partial charge >= 0.3 is 5.97 Å². The molecule has 0 aromatic heterocycles. The Morgan fingerprint density at radius 2 is 2.09 bits per heavy atom. The Balaban J connectivity index is 1.77. The van der Waals surface area contributed by atoms with Crippen molar-refractivity contribution in [2.45, 2.75) is 12.5 Å². The molecule has 2 heterocycles. The molecule has 2 aliphatic rings. The summed E-state index contributed by atoms with van der Waals surface area (Å²) in [6.45, 7) is 0.578. The smallest absolute Gasteiger partial charge is 0.312 e. The molecule has 116 valence electrons. The van der Waals surface area contributed by atoms with E-state index in [-0.39, 0.29) is 24.9 Å². The second kappa shape index (κ2) is 6.00. The van der Waals surface area contributed by atoms with Crippen LogP contribution in [0.2, 0.25) is 0 Å². The quantitative estimate of drug-likeness (QED) is 0.888. The van der Waals surface area contributed by atoms with Gasteiger partial charge in [0.2, 0.25) is 11.8 Å². The molecule has 1 atom stereocenters. The number of thioether (sulfide) groups is 1. The second-order valence-electron chi connectivity index (χ2n) is 5.43. The number of nitrogens with zero attached hydrogens (tertiary/aromatic N) is 2. The SMILES string of the molecule is O=C(O)[C@@H]1CN(C(=O)CN2CSCC2=O)Cc2ccccc21. The fourth-order valence-electron chi connectivity index (χ4n) is 2.81. The minimum Gasteiger partial charge on any atom is -0.481 e. The van der Waals surface area contributed by atoms with Gasteiger partial charge < -0.3 is 14.9 Å². The summed E-state index contributed by atoms with van der Waals surface area (Å²) in [5, 5.41) is 9.41. The summed E-state index contributed by atoms with van der Waals surface area (Å²) in [6, 6.07) is 7.30. The summed E-state index contributed by atoms with van der Waals surface area (Å²) in [4.78, 5) is 38.5. The molecule has 0 unspecified atom stereocenters. The van der Waals surface area contributed by atoms with E-state index in [1.54, 1.807) is 6.07 Å². The fraction of sp³-hybridized carbons (Fsp3) is 0.400. The van der Waals surface area contributed by atoms with Gasteiger partial charge in [-0.15, -0.1) is 11.8 Å². The number of carbonyl (C=O) groups excluding carboxylic acids is 2. The average Bonchev–Trinajstić information content (AvgIpc) is 2.91. The maximum Gasteiger partial charge on any atom is 0.312 e. The summed E-state index contributed by atoms with van der Waals surface area (Å²) in [5.74, 6) is -0.942. The fourth-order valence-corrected chi connectivity index (χ4v) is 3.72. The van der Waals surface area contributed by atoms with Crippen molar-refractivity contribution in [3.63, 3.8) is 0 Å². The molecule has 0 bridgehead atoms. The molecule has 0 aliphatic carbocycles. The second-order valence-corrected chi connectivity index (χ2v) is 6.39. The molecule has 1 saturated heterocycles. The average molecular weight is 320 g/mol. The lowest BCUT2D eigenvalue weighted by molar-refractivity contribution is -0.143. The first-order chi connectivity index (χ1) is 10.6. The Bertz CT molecular complexity index is 634. The van der Waals surface area contributed by atoms with E-state index in [9.17, 15) is 19.5 Å². The monoisotopic (exact) mass is 320 g/mol. The van der Waals surface area contributed by atoms with Crippen molar-refractivity contribution in [1.29, 1.82) is 0 Å². The topological polar surface area (TPSA) is 77.9 Å². The highest BCUT2D eigenvalue weighted by Crippen LogP contribution is 2.28. The molecule has 3 rings (SSSR count). The number of carboxylic acids is 1. The van der Waals surface area contributed by atoms with Crippen LogP contribution < -0.4 is 0 Å². The maximum atomic E-state index is 12.4. The van der Waals surface area contributed by atoms with Crippen LogP contribution in [0.15, 0.2) is 24.3 Å². The molecular formula is C15H16N2O4S. The molecule has 2 amide bonds. The van der Waals surface area contributed by atoms with Crippen LogP contribution in [0.25, 0.3) is 0 Å². The van der Waals surface area contributed by atoms with Gasteiger partial charge in [-0.05, 0) is 11.1 Å². The molecule has 1 aromatic carbocycles. The predicted molar refractivity (Wildman–Crippen MR) is 81.3 cm³/mol. The highest BCUT2D eigenvalue weighted by Gasteiger charge is 2.33. The van der Waals surface area contributed by atoms with Crippen LogP contribution in [0, 0.1) is 0 Å². The van der Waals surface area contributed by atoms with Crippen LogP contribution in [0.5, 0.6) is 0 Å². The van der Waals surface area contributed by atoms with E-state index >= 15 is 0 Å². The van der Waals surface area contributed by atoms with Gasteiger partial charge in [0.1, 0.15) is 6.54 Å². The summed E-state index contributed by atoms with van der Waals surface area (Å²) >= 11 is 1.48. The van der Waals surface area contributed by atoms with Gasteiger partial charge in [0, 0.05) is 13.1 Å². The Morgan fingerprint density at radius 3 is 2.77 bits per heavy atom. The van der Waals surface area contributed by atoms with E-state index in [2.05, 4.69) is 0 Å². The van der Waals surface area contributed by atoms with E-state index in [4.69, 9.17) is 0 Å². The van der Waals surface area contributed by atoms with E-state index < -0.39 is 11.9 Å². The molecule has 0 spiro atoms. The lowest BCUT2D eigenvalue weighted by atomic mass is 9.90. The first-order valence-electron chi connectivity index (χ1n) is 7.00. The Labute approximate surface area is 132 Å². The van der Waals surface area contributed by atoms with E-state index in [1.807, 2.05) is 18.2 Å². The molecule has 1 N–H and O–H groups in total. The van der Waals surface area contributed by atoms with E-state index in [1.165, 1.54) is 21.6 Å². The van der Waals surface area contributed by atoms with E-state index in [0.717, 1.165) is 11.1 Å². The van der Waals surface area contributed by atoms with Gasteiger partial charge in [0.25, 0.3) is 0 Å². The van der Waals surface area contributed by atoms with Gasteiger partial charge in [-0.1, -0.05) is 24.3 Å². The third-order valence-electron chi connectivity index (χ3n) is 4.00. The molecule has 1 fully saturated rings. The van der Waals surface area contributed by atoms with Crippen molar-refractivity contribution >= 4 is 29.5 Å². The zero-order chi connectivity index (χ0) is 15.7. The largest absolute Gasteiger partial charge is 0.481 e. The zero-order valence-corrected chi connectivity index (χ0v) is 12.7. The molecule has 22 heavy (non-hydrogen) atoms. The number of aliphatic carboxylic acids is 1. The first kappa shape index (κ1) is 14.9. The number of amides is 2. The molecule has 0 radical (unpaired) electrons. The van der Waals surface area contributed by atoms with Crippen LogP contribution in [-0.4, -0.2) is 57.4 Å². The standard InChI is InChI=1S/C15H16N2O4S/c18-13(7-17-9-22-8-14(17)19)16-5-10-3-1-2-4-11(10)12(6-16)15(20)21/h1-4,12H,5-9H2,(H,20,21)/t12-/m1/s1. The third-order valence-corrected chi connectivity index (χ3v) is 4.94. The number of benzene rings is 1. The predicted octanol–water partition coefficient (Wildman–Crippen LogP) is 0.730. The van der Waals surface area contributed by atoms with Gasteiger partial charge in [-0.25, -0.2) is 0 Å². The highest BCUT2D eigenvalue weighted by molar-refractivity contribution is 8.00. The molecular weight excluding hydrogens is 304 g/mol.